The standard InChI is InChI=1S/C12H13N3O3S/c1-3-17-11(16)8-4-10(13)14-5-9(8)19-12-15-7(2)6-18-12/h4-6H,3H2,1-2H3,(H2,13,14). The molecule has 2 aromatic rings. The van der Waals surface area contributed by atoms with Crippen LogP contribution in [0.4, 0.5) is 5.82 Å². The van der Waals surface area contributed by atoms with E-state index in [1.54, 1.807) is 6.92 Å². The highest BCUT2D eigenvalue weighted by Crippen LogP contribution is 2.30. The highest BCUT2D eigenvalue weighted by atomic mass is 32.2. The number of oxazole rings is 1. The number of rotatable bonds is 4. The summed E-state index contributed by atoms with van der Waals surface area (Å²) in [5, 5.41) is 0.439. The minimum absolute atomic E-state index is 0.260. The Hall–Kier alpha value is -2.02. The normalized spacial score (nSPS) is 10.4. The average molecular weight is 279 g/mol. The van der Waals surface area contributed by atoms with Crippen molar-refractivity contribution >= 4 is 23.5 Å². The topological polar surface area (TPSA) is 91.2 Å². The zero-order chi connectivity index (χ0) is 13.8. The van der Waals surface area contributed by atoms with Crippen LogP contribution in [0.3, 0.4) is 0 Å². The Balaban J connectivity index is 2.31. The van der Waals surface area contributed by atoms with Crippen LogP contribution in [-0.4, -0.2) is 22.5 Å². The second-order valence-corrected chi connectivity index (χ2v) is 4.68. The number of carbonyl (C=O) groups is 1. The van der Waals surface area contributed by atoms with Crippen molar-refractivity contribution in [3.63, 3.8) is 0 Å². The van der Waals surface area contributed by atoms with Crippen LogP contribution in [0.1, 0.15) is 23.0 Å². The highest BCUT2D eigenvalue weighted by Gasteiger charge is 2.16. The van der Waals surface area contributed by atoms with Crippen LogP contribution in [0, 0.1) is 6.92 Å². The maximum Gasteiger partial charge on any atom is 0.339 e. The number of pyridine rings is 1. The zero-order valence-corrected chi connectivity index (χ0v) is 11.4. The van der Waals surface area contributed by atoms with Gasteiger partial charge in [-0.05, 0) is 31.7 Å². The SMILES string of the molecule is CCOC(=O)c1cc(N)ncc1Sc1nc(C)co1. The predicted molar refractivity (Wildman–Crippen MR) is 70.0 cm³/mol. The minimum atomic E-state index is -0.442. The maximum atomic E-state index is 11.8. The van der Waals surface area contributed by atoms with Crippen LogP contribution >= 0.6 is 11.8 Å². The van der Waals surface area contributed by atoms with Crippen molar-refractivity contribution in [3.05, 3.63) is 29.8 Å². The van der Waals surface area contributed by atoms with Crippen LogP contribution in [0.2, 0.25) is 0 Å². The summed E-state index contributed by atoms with van der Waals surface area (Å²) in [5.74, 6) is -0.182. The fourth-order valence-corrected chi connectivity index (χ4v) is 2.21. The summed E-state index contributed by atoms with van der Waals surface area (Å²) in [6, 6.07) is 1.48. The molecule has 0 amide bonds. The van der Waals surface area contributed by atoms with Crippen molar-refractivity contribution < 1.29 is 13.9 Å². The van der Waals surface area contributed by atoms with Crippen LogP contribution < -0.4 is 5.73 Å². The summed E-state index contributed by atoms with van der Waals surface area (Å²) in [7, 11) is 0. The smallest absolute Gasteiger partial charge is 0.339 e. The molecule has 19 heavy (non-hydrogen) atoms. The number of nitrogens with two attached hydrogens (primary N) is 1. The van der Waals surface area contributed by atoms with E-state index in [0.29, 0.717) is 22.3 Å². The summed E-state index contributed by atoms with van der Waals surface area (Å²) >= 11 is 1.20. The summed E-state index contributed by atoms with van der Waals surface area (Å²) in [6.07, 6.45) is 3.04. The van der Waals surface area contributed by atoms with E-state index < -0.39 is 5.97 Å². The fraction of sp³-hybridized carbons (Fsp3) is 0.250. The van der Waals surface area contributed by atoms with E-state index in [9.17, 15) is 4.79 Å². The van der Waals surface area contributed by atoms with Gasteiger partial charge in [-0.3, -0.25) is 0 Å². The third kappa shape index (κ3) is 3.25. The molecule has 0 aromatic carbocycles. The lowest BCUT2D eigenvalue weighted by Gasteiger charge is -2.07. The van der Waals surface area contributed by atoms with Gasteiger partial charge in [-0.2, -0.15) is 0 Å². The number of aryl methyl sites for hydroxylation is 1. The number of esters is 1. The Morgan fingerprint density at radius 2 is 2.37 bits per heavy atom. The lowest BCUT2D eigenvalue weighted by Crippen LogP contribution is -2.07. The van der Waals surface area contributed by atoms with Gasteiger partial charge in [-0.15, -0.1) is 0 Å². The first kappa shape index (κ1) is 13.4. The molecule has 2 heterocycles. The molecule has 0 saturated carbocycles. The number of carbonyl (C=O) groups excluding carboxylic acids is 1. The van der Waals surface area contributed by atoms with Gasteiger partial charge in [0.1, 0.15) is 12.1 Å². The largest absolute Gasteiger partial charge is 0.462 e. The van der Waals surface area contributed by atoms with Gasteiger partial charge in [0.25, 0.3) is 5.22 Å². The monoisotopic (exact) mass is 279 g/mol. The van der Waals surface area contributed by atoms with Crippen molar-refractivity contribution in [2.75, 3.05) is 12.3 Å². The van der Waals surface area contributed by atoms with E-state index in [1.807, 2.05) is 6.92 Å². The maximum absolute atomic E-state index is 11.8. The van der Waals surface area contributed by atoms with Gasteiger partial charge < -0.3 is 14.9 Å². The molecule has 0 bridgehead atoms. The molecule has 0 saturated heterocycles. The van der Waals surface area contributed by atoms with E-state index in [2.05, 4.69) is 9.97 Å². The highest BCUT2D eigenvalue weighted by molar-refractivity contribution is 7.99. The van der Waals surface area contributed by atoms with Gasteiger partial charge in [0.05, 0.1) is 17.9 Å². The molecule has 0 fully saturated rings. The molecule has 0 spiro atoms. The van der Waals surface area contributed by atoms with Gasteiger partial charge in [-0.1, -0.05) is 0 Å². The summed E-state index contributed by atoms with van der Waals surface area (Å²) in [5.41, 5.74) is 6.72. The van der Waals surface area contributed by atoms with Gasteiger partial charge >= 0.3 is 5.97 Å². The molecule has 0 aliphatic carbocycles. The van der Waals surface area contributed by atoms with Crippen LogP contribution in [0.25, 0.3) is 0 Å². The number of hydrogen-bond acceptors (Lipinski definition) is 7. The molecule has 2 rings (SSSR count). The first-order valence-corrected chi connectivity index (χ1v) is 6.44. The summed E-state index contributed by atoms with van der Waals surface area (Å²) in [4.78, 5) is 20.6. The van der Waals surface area contributed by atoms with Gasteiger partial charge in [0.15, 0.2) is 0 Å². The van der Waals surface area contributed by atoms with Crippen molar-refractivity contribution in [1.82, 2.24) is 9.97 Å². The number of nitrogens with zero attached hydrogens (tertiary/aromatic N) is 2. The van der Waals surface area contributed by atoms with E-state index in [-0.39, 0.29) is 5.82 Å². The Labute approximate surface area is 114 Å². The van der Waals surface area contributed by atoms with Gasteiger partial charge in [0, 0.05) is 11.1 Å². The average Bonchev–Trinajstić information content (AvgIpc) is 2.77. The lowest BCUT2D eigenvalue weighted by atomic mass is 10.2. The Morgan fingerprint density at radius 3 is 3.00 bits per heavy atom. The molecule has 2 aromatic heterocycles. The Morgan fingerprint density at radius 1 is 1.58 bits per heavy atom. The molecule has 2 N–H and O–H groups in total. The molecule has 0 aliphatic heterocycles. The summed E-state index contributed by atoms with van der Waals surface area (Å²) < 4.78 is 10.2. The Bertz CT molecular complexity index is 598. The lowest BCUT2D eigenvalue weighted by molar-refractivity contribution is 0.0522. The number of ether oxygens (including phenoxy) is 1. The fourth-order valence-electron chi connectivity index (χ4n) is 1.38. The molecule has 6 nitrogen and oxygen atoms in total. The molecule has 0 radical (unpaired) electrons. The molecular weight excluding hydrogens is 266 g/mol. The molecular formula is C12H13N3O3S. The van der Waals surface area contributed by atoms with E-state index in [1.165, 1.54) is 30.3 Å². The third-order valence-corrected chi connectivity index (χ3v) is 3.09. The zero-order valence-electron chi connectivity index (χ0n) is 10.5. The van der Waals surface area contributed by atoms with Crippen molar-refractivity contribution in [2.45, 2.75) is 24.0 Å². The molecule has 100 valence electrons. The van der Waals surface area contributed by atoms with Gasteiger partial charge in [0.2, 0.25) is 0 Å². The van der Waals surface area contributed by atoms with E-state index >= 15 is 0 Å². The van der Waals surface area contributed by atoms with E-state index in [4.69, 9.17) is 14.9 Å². The first-order valence-electron chi connectivity index (χ1n) is 5.62. The second-order valence-electron chi connectivity index (χ2n) is 3.68. The van der Waals surface area contributed by atoms with Crippen LogP contribution in [0.5, 0.6) is 0 Å². The second kappa shape index (κ2) is 5.75. The van der Waals surface area contributed by atoms with Gasteiger partial charge in [-0.25, -0.2) is 14.8 Å². The molecule has 0 aliphatic rings. The van der Waals surface area contributed by atoms with Crippen molar-refractivity contribution in [3.8, 4) is 0 Å². The van der Waals surface area contributed by atoms with E-state index in [0.717, 1.165) is 5.69 Å². The minimum Gasteiger partial charge on any atom is -0.462 e. The number of nitrogen functional groups attached to an aromatic ring is 1. The first-order chi connectivity index (χ1) is 9.10. The number of anilines is 1. The van der Waals surface area contributed by atoms with Crippen molar-refractivity contribution in [2.24, 2.45) is 0 Å². The molecule has 7 heteroatoms. The van der Waals surface area contributed by atoms with Crippen LogP contribution in [-0.2, 0) is 4.74 Å². The molecule has 0 atom stereocenters. The van der Waals surface area contributed by atoms with Crippen molar-refractivity contribution in [1.29, 1.82) is 0 Å². The quantitative estimate of drug-likeness (QED) is 0.858. The molecule has 0 unspecified atom stereocenters. The number of aromatic nitrogens is 2. The number of hydrogen-bond donors (Lipinski definition) is 1. The third-order valence-electron chi connectivity index (χ3n) is 2.18. The van der Waals surface area contributed by atoms with Crippen LogP contribution in [0.15, 0.2) is 33.1 Å². The summed E-state index contributed by atoms with van der Waals surface area (Å²) in [6.45, 7) is 3.86. The Kier molecular flexibility index (Phi) is 4.06. The predicted octanol–water partition coefficient (Wildman–Crippen LogP) is 2.29.